The molecule has 1 saturated heterocycles. The molecule has 0 bridgehead atoms. The standard InChI is InChI=1S/C15H21N3OS/c1-17(13-9-5-4-8-12(13)14(16)20)15(19)18-10-6-2-3-7-11-18/h4-5,8-9H,2-3,6-7,10-11H2,1H3,(H2,16,20). The van der Waals surface area contributed by atoms with Gasteiger partial charge in [-0.05, 0) is 25.0 Å². The van der Waals surface area contributed by atoms with Crippen LogP contribution >= 0.6 is 12.2 Å². The van der Waals surface area contributed by atoms with Crippen molar-refractivity contribution in [2.75, 3.05) is 25.0 Å². The summed E-state index contributed by atoms with van der Waals surface area (Å²) < 4.78 is 0. The minimum Gasteiger partial charge on any atom is -0.389 e. The van der Waals surface area contributed by atoms with Crippen molar-refractivity contribution in [1.29, 1.82) is 0 Å². The van der Waals surface area contributed by atoms with Gasteiger partial charge in [-0.25, -0.2) is 4.79 Å². The normalized spacial score (nSPS) is 15.6. The van der Waals surface area contributed by atoms with E-state index >= 15 is 0 Å². The molecule has 0 atom stereocenters. The minimum absolute atomic E-state index is 0.0237. The van der Waals surface area contributed by atoms with E-state index in [-0.39, 0.29) is 6.03 Å². The van der Waals surface area contributed by atoms with Gasteiger partial charge in [-0.2, -0.15) is 0 Å². The van der Waals surface area contributed by atoms with E-state index in [9.17, 15) is 4.79 Å². The number of anilines is 1. The minimum atomic E-state index is 0.0237. The number of likely N-dealkylation sites (tertiary alicyclic amines) is 1. The van der Waals surface area contributed by atoms with Crippen LogP contribution in [-0.2, 0) is 0 Å². The first-order valence-electron chi connectivity index (χ1n) is 7.02. The monoisotopic (exact) mass is 291 g/mol. The molecule has 0 aromatic heterocycles. The average molecular weight is 291 g/mol. The van der Waals surface area contributed by atoms with Gasteiger partial charge < -0.3 is 10.6 Å². The van der Waals surface area contributed by atoms with E-state index in [0.29, 0.717) is 4.99 Å². The number of rotatable bonds is 2. The van der Waals surface area contributed by atoms with Crippen molar-refractivity contribution in [1.82, 2.24) is 4.90 Å². The van der Waals surface area contributed by atoms with E-state index in [1.165, 1.54) is 12.8 Å². The van der Waals surface area contributed by atoms with Crippen LogP contribution in [0.5, 0.6) is 0 Å². The number of carbonyl (C=O) groups excluding carboxylic acids is 1. The van der Waals surface area contributed by atoms with Crippen molar-refractivity contribution in [2.24, 2.45) is 5.73 Å². The lowest BCUT2D eigenvalue weighted by Crippen LogP contribution is -2.42. The molecule has 0 aliphatic carbocycles. The number of nitrogens with two attached hydrogens (primary N) is 1. The maximum Gasteiger partial charge on any atom is 0.324 e. The van der Waals surface area contributed by atoms with E-state index in [1.807, 2.05) is 29.2 Å². The summed E-state index contributed by atoms with van der Waals surface area (Å²) in [7, 11) is 1.78. The highest BCUT2D eigenvalue weighted by molar-refractivity contribution is 7.80. The predicted octanol–water partition coefficient (Wildman–Crippen LogP) is 2.75. The molecule has 1 aliphatic heterocycles. The quantitative estimate of drug-likeness (QED) is 0.852. The number of amides is 2. The fraction of sp³-hybridized carbons (Fsp3) is 0.467. The molecule has 0 saturated carbocycles. The molecule has 5 heteroatoms. The average Bonchev–Trinajstić information content (AvgIpc) is 2.74. The summed E-state index contributed by atoms with van der Waals surface area (Å²) >= 11 is 5.06. The van der Waals surface area contributed by atoms with E-state index in [1.54, 1.807) is 11.9 Å². The van der Waals surface area contributed by atoms with E-state index < -0.39 is 0 Å². The molecule has 0 radical (unpaired) electrons. The van der Waals surface area contributed by atoms with Gasteiger partial charge in [0.05, 0.1) is 5.69 Å². The van der Waals surface area contributed by atoms with Crippen LogP contribution in [0.25, 0.3) is 0 Å². The lowest BCUT2D eigenvalue weighted by atomic mass is 10.1. The number of urea groups is 1. The van der Waals surface area contributed by atoms with Crippen LogP contribution < -0.4 is 10.6 Å². The fourth-order valence-corrected chi connectivity index (χ4v) is 2.72. The third-order valence-electron chi connectivity index (χ3n) is 3.69. The van der Waals surface area contributed by atoms with Gasteiger partial charge in [0.15, 0.2) is 0 Å². The highest BCUT2D eigenvalue weighted by Crippen LogP contribution is 2.21. The van der Waals surface area contributed by atoms with Crippen LogP contribution in [0.1, 0.15) is 31.2 Å². The lowest BCUT2D eigenvalue weighted by molar-refractivity contribution is 0.208. The number of nitrogens with zero attached hydrogens (tertiary/aromatic N) is 2. The van der Waals surface area contributed by atoms with Crippen LogP contribution in [0.3, 0.4) is 0 Å². The summed E-state index contributed by atoms with van der Waals surface area (Å²) in [5, 5.41) is 0. The number of hydrogen-bond donors (Lipinski definition) is 1. The Morgan fingerprint density at radius 3 is 2.40 bits per heavy atom. The molecule has 2 rings (SSSR count). The summed E-state index contributed by atoms with van der Waals surface area (Å²) in [4.78, 5) is 16.5. The van der Waals surface area contributed by atoms with Gasteiger partial charge in [-0.15, -0.1) is 0 Å². The number of thiocarbonyl (C=S) groups is 1. The predicted molar refractivity (Wildman–Crippen MR) is 86.2 cm³/mol. The zero-order valence-corrected chi connectivity index (χ0v) is 12.7. The first-order chi connectivity index (χ1) is 9.61. The van der Waals surface area contributed by atoms with Gasteiger partial charge in [-0.3, -0.25) is 4.90 Å². The molecular weight excluding hydrogens is 270 g/mol. The molecule has 108 valence electrons. The summed E-state index contributed by atoms with van der Waals surface area (Å²) in [6, 6.07) is 7.52. The molecule has 2 amide bonds. The van der Waals surface area contributed by atoms with E-state index in [2.05, 4.69) is 0 Å². The second-order valence-corrected chi connectivity index (χ2v) is 5.56. The smallest absolute Gasteiger partial charge is 0.324 e. The SMILES string of the molecule is CN(C(=O)N1CCCCCC1)c1ccccc1C(N)=S. The lowest BCUT2D eigenvalue weighted by Gasteiger charge is -2.28. The molecule has 1 aromatic carbocycles. The Balaban J connectivity index is 2.19. The summed E-state index contributed by atoms with van der Waals surface area (Å²) in [5.41, 5.74) is 7.25. The van der Waals surface area contributed by atoms with Gasteiger partial charge in [-0.1, -0.05) is 37.2 Å². The van der Waals surface area contributed by atoms with Crippen molar-refractivity contribution < 1.29 is 4.79 Å². The largest absolute Gasteiger partial charge is 0.389 e. The van der Waals surface area contributed by atoms with Crippen LogP contribution in [0.2, 0.25) is 0 Å². The van der Waals surface area contributed by atoms with Crippen LogP contribution in [-0.4, -0.2) is 36.1 Å². The Morgan fingerprint density at radius 1 is 1.20 bits per heavy atom. The molecule has 1 heterocycles. The molecule has 0 spiro atoms. The highest BCUT2D eigenvalue weighted by atomic mass is 32.1. The number of para-hydroxylation sites is 1. The van der Waals surface area contributed by atoms with E-state index in [0.717, 1.165) is 37.2 Å². The number of hydrogen-bond acceptors (Lipinski definition) is 2. The Morgan fingerprint density at radius 2 is 1.80 bits per heavy atom. The van der Waals surface area contributed by atoms with Crippen molar-refractivity contribution in [3.05, 3.63) is 29.8 Å². The molecule has 1 aliphatic rings. The molecule has 0 unspecified atom stereocenters. The molecule has 2 N–H and O–H groups in total. The zero-order chi connectivity index (χ0) is 14.5. The van der Waals surface area contributed by atoms with Crippen molar-refractivity contribution in [2.45, 2.75) is 25.7 Å². The third kappa shape index (κ3) is 3.28. The second-order valence-electron chi connectivity index (χ2n) is 5.12. The van der Waals surface area contributed by atoms with Crippen LogP contribution in [0, 0.1) is 0 Å². The Hall–Kier alpha value is -1.62. The Kier molecular flexibility index (Phi) is 4.95. The molecule has 1 aromatic rings. The van der Waals surface area contributed by atoms with Crippen molar-refractivity contribution in [3.8, 4) is 0 Å². The van der Waals surface area contributed by atoms with Crippen molar-refractivity contribution in [3.63, 3.8) is 0 Å². The fourth-order valence-electron chi connectivity index (χ4n) is 2.55. The number of carbonyl (C=O) groups is 1. The highest BCUT2D eigenvalue weighted by Gasteiger charge is 2.22. The molecule has 4 nitrogen and oxygen atoms in total. The third-order valence-corrected chi connectivity index (χ3v) is 3.91. The maximum absolute atomic E-state index is 12.6. The van der Waals surface area contributed by atoms with Gasteiger partial charge >= 0.3 is 6.03 Å². The van der Waals surface area contributed by atoms with Gasteiger partial charge in [0.1, 0.15) is 4.99 Å². The van der Waals surface area contributed by atoms with Gasteiger partial charge in [0.2, 0.25) is 0 Å². The molecular formula is C15H21N3OS. The summed E-state index contributed by atoms with van der Waals surface area (Å²) in [5.74, 6) is 0. The molecule has 20 heavy (non-hydrogen) atoms. The second kappa shape index (κ2) is 6.70. The first kappa shape index (κ1) is 14.8. The maximum atomic E-state index is 12.6. The van der Waals surface area contributed by atoms with Crippen LogP contribution in [0.4, 0.5) is 10.5 Å². The topological polar surface area (TPSA) is 49.6 Å². The summed E-state index contributed by atoms with van der Waals surface area (Å²) in [6.45, 7) is 1.66. The Bertz CT molecular complexity index is 496. The Labute approximate surface area is 125 Å². The first-order valence-corrected chi connectivity index (χ1v) is 7.43. The molecule has 1 fully saturated rings. The van der Waals surface area contributed by atoms with Crippen molar-refractivity contribution >= 4 is 28.9 Å². The van der Waals surface area contributed by atoms with E-state index in [4.69, 9.17) is 18.0 Å². The number of benzene rings is 1. The van der Waals surface area contributed by atoms with Gasteiger partial charge in [0.25, 0.3) is 0 Å². The van der Waals surface area contributed by atoms with Crippen LogP contribution in [0.15, 0.2) is 24.3 Å². The summed E-state index contributed by atoms with van der Waals surface area (Å²) in [6.07, 6.45) is 4.57. The zero-order valence-electron chi connectivity index (χ0n) is 11.8. The van der Waals surface area contributed by atoms with Gasteiger partial charge in [0, 0.05) is 25.7 Å².